The molecular weight excluding hydrogens is 422 g/mol. The highest BCUT2D eigenvalue weighted by atomic mass is 79.9. The van der Waals surface area contributed by atoms with Crippen LogP contribution in [0.25, 0.3) is 0 Å². The minimum Gasteiger partial charge on any atom is -0.368 e. The molecule has 1 unspecified atom stereocenters. The van der Waals surface area contributed by atoms with Gasteiger partial charge < -0.3 is 11.1 Å². The average molecular weight is 440 g/mol. The first-order chi connectivity index (χ1) is 12.3. The summed E-state index contributed by atoms with van der Waals surface area (Å²) >= 11 is 3.23. The number of hydrogen-bond acceptors (Lipinski definition) is 4. The van der Waals surface area contributed by atoms with Gasteiger partial charge in [-0.1, -0.05) is 46.3 Å². The van der Waals surface area contributed by atoms with Gasteiger partial charge >= 0.3 is 0 Å². The molecule has 0 saturated heterocycles. The van der Waals surface area contributed by atoms with Gasteiger partial charge in [-0.2, -0.15) is 0 Å². The van der Waals surface area contributed by atoms with Crippen molar-refractivity contribution < 1.29 is 18.0 Å². The smallest absolute Gasteiger partial charge is 0.244 e. The minimum absolute atomic E-state index is 0.0976. The zero-order valence-electron chi connectivity index (χ0n) is 13.7. The van der Waals surface area contributed by atoms with E-state index in [0.29, 0.717) is 5.56 Å². The van der Waals surface area contributed by atoms with Gasteiger partial charge in [0.1, 0.15) is 6.04 Å². The Hall–Kier alpha value is -2.23. The van der Waals surface area contributed by atoms with E-state index in [1.165, 1.54) is 12.1 Å². The molecule has 2 aromatic rings. The molecule has 0 aromatic heterocycles. The molecule has 0 heterocycles. The molecule has 2 rings (SSSR count). The third-order valence-electron chi connectivity index (χ3n) is 3.49. The highest BCUT2D eigenvalue weighted by Gasteiger charge is 2.20. The molecule has 4 N–H and O–H groups in total. The number of amides is 2. The van der Waals surface area contributed by atoms with Crippen LogP contribution in [-0.4, -0.2) is 26.8 Å². The maximum atomic E-state index is 12.1. The third kappa shape index (κ3) is 5.65. The van der Waals surface area contributed by atoms with Gasteiger partial charge in [0.15, 0.2) is 0 Å². The molecule has 0 aliphatic carbocycles. The van der Waals surface area contributed by atoms with Crippen LogP contribution in [0.1, 0.15) is 18.0 Å². The predicted octanol–water partition coefficient (Wildman–Crippen LogP) is 1.46. The van der Waals surface area contributed by atoms with Crippen LogP contribution in [0.15, 0.2) is 64.0 Å². The SMILES string of the molecule is NC(=O)C(NC(=O)CCNS(=O)(=O)c1ccc(Br)cc1)c1ccccc1. The van der Waals surface area contributed by atoms with Gasteiger partial charge in [0, 0.05) is 17.4 Å². The Labute approximate surface area is 160 Å². The standard InChI is InChI=1S/C17H18BrN3O4S/c18-13-6-8-14(9-7-13)26(24,25)20-11-10-15(22)21-16(17(19)23)12-4-2-1-3-5-12/h1-9,16,20H,10-11H2,(H2,19,23)(H,21,22). The summed E-state index contributed by atoms with van der Waals surface area (Å²) in [6.45, 7) is -0.107. The largest absolute Gasteiger partial charge is 0.368 e. The maximum Gasteiger partial charge on any atom is 0.244 e. The number of nitrogens with two attached hydrogens (primary N) is 1. The number of hydrogen-bond donors (Lipinski definition) is 3. The van der Waals surface area contributed by atoms with Crippen LogP contribution in [0.4, 0.5) is 0 Å². The monoisotopic (exact) mass is 439 g/mol. The molecule has 2 amide bonds. The van der Waals surface area contributed by atoms with E-state index in [2.05, 4.69) is 26.0 Å². The average Bonchev–Trinajstić information content (AvgIpc) is 2.60. The zero-order chi connectivity index (χ0) is 19.2. The first-order valence-corrected chi connectivity index (χ1v) is 9.96. The second-order valence-corrected chi connectivity index (χ2v) is 8.10. The molecule has 0 spiro atoms. The van der Waals surface area contributed by atoms with Gasteiger partial charge in [-0.15, -0.1) is 0 Å². The van der Waals surface area contributed by atoms with Gasteiger partial charge in [-0.25, -0.2) is 13.1 Å². The molecule has 0 aliphatic heterocycles. The van der Waals surface area contributed by atoms with Crippen molar-refractivity contribution in [3.8, 4) is 0 Å². The minimum atomic E-state index is -3.71. The lowest BCUT2D eigenvalue weighted by Crippen LogP contribution is -2.39. The van der Waals surface area contributed by atoms with Crippen molar-refractivity contribution in [1.29, 1.82) is 0 Å². The van der Waals surface area contributed by atoms with E-state index in [4.69, 9.17) is 5.73 Å². The van der Waals surface area contributed by atoms with Crippen molar-refractivity contribution in [1.82, 2.24) is 10.0 Å². The third-order valence-corrected chi connectivity index (χ3v) is 5.50. The fourth-order valence-electron chi connectivity index (χ4n) is 2.19. The van der Waals surface area contributed by atoms with Crippen LogP contribution in [0.2, 0.25) is 0 Å². The van der Waals surface area contributed by atoms with Crippen molar-refractivity contribution in [2.45, 2.75) is 17.4 Å². The molecule has 26 heavy (non-hydrogen) atoms. The number of sulfonamides is 1. The second kappa shape index (κ2) is 8.93. The summed E-state index contributed by atoms with van der Waals surface area (Å²) in [6.07, 6.45) is -0.133. The zero-order valence-corrected chi connectivity index (χ0v) is 16.1. The predicted molar refractivity (Wildman–Crippen MR) is 100 cm³/mol. The van der Waals surface area contributed by atoms with Gasteiger partial charge in [0.25, 0.3) is 0 Å². The van der Waals surface area contributed by atoms with E-state index in [9.17, 15) is 18.0 Å². The van der Waals surface area contributed by atoms with E-state index in [0.717, 1.165) is 4.47 Å². The lowest BCUT2D eigenvalue weighted by atomic mass is 10.1. The molecule has 9 heteroatoms. The molecule has 7 nitrogen and oxygen atoms in total. The quantitative estimate of drug-likeness (QED) is 0.576. The van der Waals surface area contributed by atoms with E-state index in [1.807, 2.05) is 0 Å². The Morgan fingerprint density at radius 3 is 2.23 bits per heavy atom. The number of nitrogens with one attached hydrogen (secondary N) is 2. The molecule has 0 bridgehead atoms. The van der Waals surface area contributed by atoms with Crippen molar-refractivity contribution >= 4 is 37.8 Å². The topological polar surface area (TPSA) is 118 Å². The normalized spacial score (nSPS) is 12.3. The molecular formula is C17H18BrN3O4S. The van der Waals surface area contributed by atoms with Crippen molar-refractivity contribution in [2.75, 3.05) is 6.54 Å². The summed E-state index contributed by atoms with van der Waals surface area (Å²) in [5.74, 6) is -1.18. The number of halogens is 1. The Morgan fingerprint density at radius 2 is 1.65 bits per heavy atom. The summed E-state index contributed by atoms with van der Waals surface area (Å²) < 4.78 is 27.4. The molecule has 0 saturated carbocycles. The maximum absolute atomic E-state index is 12.1. The van der Waals surface area contributed by atoms with Crippen molar-refractivity contribution in [3.05, 3.63) is 64.6 Å². The van der Waals surface area contributed by atoms with E-state index < -0.39 is 27.9 Å². The first-order valence-electron chi connectivity index (χ1n) is 7.68. The fraction of sp³-hybridized carbons (Fsp3) is 0.176. The van der Waals surface area contributed by atoms with Crippen LogP contribution in [0, 0.1) is 0 Å². The van der Waals surface area contributed by atoms with E-state index >= 15 is 0 Å². The molecule has 2 aromatic carbocycles. The fourth-order valence-corrected chi connectivity index (χ4v) is 3.49. The molecule has 0 aliphatic rings. The summed E-state index contributed by atoms with van der Waals surface area (Å²) in [5.41, 5.74) is 5.89. The number of carbonyl (C=O) groups is 2. The molecule has 1 atom stereocenters. The van der Waals surface area contributed by atoms with Gasteiger partial charge in [-0.3, -0.25) is 9.59 Å². The Balaban J connectivity index is 1.91. The van der Waals surface area contributed by atoms with E-state index in [1.54, 1.807) is 42.5 Å². The molecule has 0 fully saturated rings. The number of carbonyl (C=O) groups excluding carboxylic acids is 2. The summed E-state index contributed by atoms with van der Waals surface area (Å²) in [4.78, 5) is 23.7. The van der Waals surface area contributed by atoms with Gasteiger partial charge in [0.2, 0.25) is 21.8 Å². The number of rotatable bonds is 8. The lowest BCUT2D eigenvalue weighted by Gasteiger charge is -2.16. The van der Waals surface area contributed by atoms with Crippen LogP contribution >= 0.6 is 15.9 Å². The van der Waals surface area contributed by atoms with Crippen LogP contribution in [-0.2, 0) is 19.6 Å². The van der Waals surface area contributed by atoms with Crippen molar-refractivity contribution in [3.63, 3.8) is 0 Å². The van der Waals surface area contributed by atoms with E-state index in [-0.39, 0.29) is 17.9 Å². The number of primary amides is 1. The van der Waals surface area contributed by atoms with Gasteiger partial charge in [0.05, 0.1) is 4.90 Å². The summed E-state index contributed by atoms with van der Waals surface area (Å²) in [6, 6.07) is 13.7. The highest BCUT2D eigenvalue weighted by molar-refractivity contribution is 9.10. The Kier molecular flexibility index (Phi) is 6.90. The second-order valence-electron chi connectivity index (χ2n) is 5.42. The van der Waals surface area contributed by atoms with Crippen LogP contribution < -0.4 is 15.8 Å². The number of benzene rings is 2. The molecule has 138 valence electrons. The van der Waals surface area contributed by atoms with Crippen molar-refractivity contribution in [2.24, 2.45) is 5.73 Å². The van der Waals surface area contributed by atoms with Gasteiger partial charge in [-0.05, 0) is 29.8 Å². The van der Waals surface area contributed by atoms with Crippen LogP contribution in [0.3, 0.4) is 0 Å². The Bertz CT molecular complexity index is 871. The summed E-state index contributed by atoms with van der Waals surface area (Å²) in [5, 5.41) is 2.51. The first kappa shape index (κ1) is 20.1. The highest BCUT2D eigenvalue weighted by Crippen LogP contribution is 2.15. The van der Waals surface area contributed by atoms with Crippen LogP contribution in [0.5, 0.6) is 0 Å². The lowest BCUT2D eigenvalue weighted by molar-refractivity contribution is -0.127. The Morgan fingerprint density at radius 1 is 1.04 bits per heavy atom. The molecule has 0 radical (unpaired) electrons. The summed E-state index contributed by atoms with van der Waals surface area (Å²) in [7, 11) is -3.71.